The van der Waals surface area contributed by atoms with E-state index in [0.717, 1.165) is 51.9 Å². The van der Waals surface area contributed by atoms with Crippen LogP contribution in [0, 0.1) is 0 Å². The number of hydrogen-bond acceptors (Lipinski definition) is 2. The van der Waals surface area contributed by atoms with E-state index in [4.69, 9.17) is 4.74 Å². The molecule has 0 saturated carbocycles. The molecule has 2 fully saturated rings. The Kier molecular flexibility index (Phi) is 3.52. The minimum atomic E-state index is 0.217. The van der Waals surface area contributed by atoms with Crippen LogP contribution in [0.2, 0.25) is 0 Å². The molecular weight excluding hydrogens is 240 g/mol. The van der Waals surface area contributed by atoms with Crippen molar-refractivity contribution in [2.24, 2.45) is 0 Å². The second-order valence-electron chi connectivity index (χ2n) is 6.05. The monoisotopic (exact) mass is 264 g/mol. The van der Waals surface area contributed by atoms with E-state index in [2.05, 4.69) is 13.8 Å². The zero-order chi connectivity index (χ0) is 13.4. The fraction of sp³-hybridized carbons (Fsp3) is 0.800. The van der Waals surface area contributed by atoms with E-state index >= 15 is 0 Å². The highest BCUT2D eigenvalue weighted by Gasteiger charge is 2.37. The van der Waals surface area contributed by atoms with E-state index in [9.17, 15) is 4.79 Å². The van der Waals surface area contributed by atoms with Crippen molar-refractivity contribution in [3.05, 3.63) is 11.1 Å². The van der Waals surface area contributed by atoms with Crippen LogP contribution in [-0.2, 0) is 4.74 Å². The average molecular weight is 264 g/mol. The maximum atomic E-state index is 12.6. The second kappa shape index (κ2) is 5.16. The summed E-state index contributed by atoms with van der Waals surface area (Å²) in [6.45, 7) is 7.64. The molecule has 2 atom stereocenters. The van der Waals surface area contributed by atoms with Crippen LogP contribution in [0.4, 0.5) is 4.79 Å². The highest BCUT2D eigenvalue weighted by atomic mass is 16.5. The van der Waals surface area contributed by atoms with E-state index in [-0.39, 0.29) is 18.2 Å². The van der Waals surface area contributed by atoms with Gasteiger partial charge in [0.1, 0.15) is 0 Å². The van der Waals surface area contributed by atoms with Crippen LogP contribution in [-0.4, -0.2) is 54.2 Å². The van der Waals surface area contributed by atoms with E-state index in [1.165, 1.54) is 11.1 Å². The Bertz CT molecular complexity index is 393. The van der Waals surface area contributed by atoms with Crippen molar-refractivity contribution in [3.63, 3.8) is 0 Å². The number of ether oxygens (including phenoxy) is 1. The number of likely N-dealkylation sites (tertiary alicyclic amines) is 1. The predicted molar refractivity (Wildman–Crippen MR) is 74.0 cm³/mol. The van der Waals surface area contributed by atoms with E-state index in [1.807, 2.05) is 9.80 Å². The lowest BCUT2D eigenvalue weighted by molar-refractivity contribution is -0.0284. The van der Waals surface area contributed by atoms with Gasteiger partial charge < -0.3 is 14.5 Å². The van der Waals surface area contributed by atoms with Gasteiger partial charge in [0.15, 0.2) is 0 Å². The number of amides is 2. The Hall–Kier alpha value is -1.03. The number of fused-ring (bicyclic) bond motifs is 2. The van der Waals surface area contributed by atoms with E-state index in [1.54, 1.807) is 0 Å². The number of carbonyl (C=O) groups is 1. The Morgan fingerprint density at radius 2 is 1.95 bits per heavy atom. The molecular formula is C15H24N2O2. The zero-order valence-corrected chi connectivity index (χ0v) is 12.0. The predicted octanol–water partition coefficient (Wildman–Crippen LogP) is 2.40. The molecule has 3 heterocycles. The van der Waals surface area contributed by atoms with Gasteiger partial charge in [0, 0.05) is 26.2 Å². The van der Waals surface area contributed by atoms with Gasteiger partial charge in [-0.05, 0) is 32.6 Å². The summed E-state index contributed by atoms with van der Waals surface area (Å²) in [5, 5.41) is 0. The van der Waals surface area contributed by atoms with Crippen molar-refractivity contribution in [1.29, 1.82) is 0 Å². The maximum Gasteiger partial charge on any atom is 0.320 e. The molecule has 0 aliphatic carbocycles. The molecule has 4 nitrogen and oxygen atoms in total. The normalized spacial score (nSPS) is 31.1. The number of carbonyl (C=O) groups excluding carboxylic acids is 1. The highest BCUT2D eigenvalue weighted by Crippen LogP contribution is 2.28. The van der Waals surface area contributed by atoms with Crippen LogP contribution in [0.3, 0.4) is 0 Å². The van der Waals surface area contributed by atoms with Crippen molar-refractivity contribution in [2.45, 2.75) is 51.7 Å². The SMILES string of the molecule is CCC1=C(C)CN(C(=O)N2CC3CCC(C2)O3)CC1. The van der Waals surface area contributed by atoms with Gasteiger partial charge in [-0.3, -0.25) is 0 Å². The number of nitrogens with zero attached hydrogens (tertiary/aromatic N) is 2. The number of morpholine rings is 1. The van der Waals surface area contributed by atoms with Gasteiger partial charge >= 0.3 is 6.03 Å². The molecule has 4 heteroatoms. The zero-order valence-electron chi connectivity index (χ0n) is 12.0. The van der Waals surface area contributed by atoms with Crippen LogP contribution < -0.4 is 0 Å². The molecule has 106 valence electrons. The minimum absolute atomic E-state index is 0.217. The van der Waals surface area contributed by atoms with Crippen molar-refractivity contribution in [3.8, 4) is 0 Å². The summed E-state index contributed by atoms with van der Waals surface area (Å²) in [5.74, 6) is 0. The Labute approximate surface area is 115 Å². The third kappa shape index (κ3) is 2.50. The minimum Gasteiger partial charge on any atom is -0.371 e. The Morgan fingerprint density at radius 3 is 2.53 bits per heavy atom. The first-order valence-corrected chi connectivity index (χ1v) is 7.54. The highest BCUT2D eigenvalue weighted by molar-refractivity contribution is 5.75. The first kappa shape index (κ1) is 13.0. The lowest BCUT2D eigenvalue weighted by Gasteiger charge is -2.38. The van der Waals surface area contributed by atoms with Crippen molar-refractivity contribution in [2.75, 3.05) is 26.2 Å². The molecule has 2 bridgehead atoms. The summed E-state index contributed by atoms with van der Waals surface area (Å²) < 4.78 is 5.80. The molecule has 3 aliphatic heterocycles. The van der Waals surface area contributed by atoms with Crippen molar-refractivity contribution < 1.29 is 9.53 Å². The number of rotatable bonds is 1. The largest absolute Gasteiger partial charge is 0.371 e. The number of urea groups is 1. The lowest BCUT2D eigenvalue weighted by Crippen LogP contribution is -2.52. The topological polar surface area (TPSA) is 32.8 Å². The van der Waals surface area contributed by atoms with Crippen LogP contribution in [0.15, 0.2) is 11.1 Å². The van der Waals surface area contributed by atoms with Crippen LogP contribution >= 0.6 is 0 Å². The van der Waals surface area contributed by atoms with Gasteiger partial charge in [-0.25, -0.2) is 4.79 Å². The summed E-state index contributed by atoms with van der Waals surface area (Å²) in [6.07, 6.45) is 4.98. The van der Waals surface area contributed by atoms with Crippen molar-refractivity contribution >= 4 is 6.03 Å². The first-order valence-electron chi connectivity index (χ1n) is 7.54. The summed E-state index contributed by atoms with van der Waals surface area (Å²) in [7, 11) is 0. The summed E-state index contributed by atoms with van der Waals surface area (Å²) in [6, 6.07) is 0.217. The molecule has 0 aromatic heterocycles. The smallest absolute Gasteiger partial charge is 0.320 e. The van der Waals surface area contributed by atoms with E-state index in [0.29, 0.717) is 0 Å². The van der Waals surface area contributed by atoms with Gasteiger partial charge in [-0.1, -0.05) is 18.1 Å². The third-order valence-corrected chi connectivity index (χ3v) is 4.73. The van der Waals surface area contributed by atoms with Gasteiger partial charge in [-0.2, -0.15) is 0 Å². The standard InChI is InChI=1S/C15H24N2O2/c1-3-12-6-7-16(8-11(12)2)15(18)17-9-13-4-5-14(10-17)19-13/h13-14H,3-10H2,1-2H3. The quantitative estimate of drug-likeness (QED) is 0.681. The lowest BCUT2D eigenvalue weighted by atomic mass is 9.99. The molecule has 0 aromatic rings. The van der Waals surface area contributed by atoms with Crippen LogP contribution in [0.1, 0.15) is 39.5 Å². The van der Waals surface area contributed by atoms with Gasteiger partial charge in [0.05, 0.1) is 12.2 Å². The Balaban J connectivity index is 1.64. The van der Waals surface area contributed by atoms with Crippen molar-refractivity contribution in [1.82, 2.24) is 9.80 Å². The molecule has 3 aliphatic rings. The number of hydrogen-bond donors (Lipinski definition) is 0. The molecule has 0 aromatic carbocycles. The molecule has 0 radical (unpaired) electrons. The molecule has 19 heavy (non-hydrogen) atoms. The maximum absolute atomic E-state index is 12.6. The Morgan fingerprint density at radius 1 is 1.26 bits per heavy atom. The van der Waals surface area contributed by atoms with Gasteiger partial charge in [-0.15, -0.1) is 0 Å². The van der Waals surface area contributed by atoms with Gasteiger partial charge in [0.2, 0.25) is 0 Å². The molecule has 2 saturated heterocycles. The third-order valence-electron chi connectivity index (χ3n) is 4.73. The molecule has 0 spiro atoms. The summed E-state index contributed by atoms with van der Waals surface area (Å²) in [4.78, 5) is 16.6. The van der Waals surface area contributed by atoms with Gasteiger partial charge in [0.25, 0.3) is 0 Å². The summed E-state index contributed by atoms with van der Waals surface area (Å²) in [5.41, 5.74) is 2.92. The summed E-state index contributed by atoms with van der Waals surface area (Å²) >= 11 is 0. The van der Waals surface area contributed by atoms with E-state index < -0.39 is 0 Å². The van der Waals surface area contributed by atoms with Crippen LogP contribution in [0.25, 0.3) is 0 Å². The fourth-order valence-corrected chi connectivity index (χ4v) is 3.57. The molecule has 3 rings (SSSR count). The second-order valence-corrected chi connectivity index (χ2v) is 6.05. The molecule has 0 N–H and O–H groups in total. The average Bonchev–Trinajstić information content (AvgIpc) is 2.76. The first-order chi connectivity index (χ1) is 9.17. The molecule has 2 unspecified atom stereocenters. The molecule has 2 amide bonds. The van der Waals surface area contributed by atoms with Crippen LogP contribution in [0.5, 0.6) is 0 Å². The fourth-order valence-electron chi connectivity index (χ4n) is 3.57.